The van der Waals surface area contributed by atoms with E-state index < -0.39 is 11.6 Å². The van der Waals surface area contributed by atoms with Crippen LogP contribution in [0.2, 0.25) is 0 Å². The number of benzene rings is 1. The first kappa shape index (κ1) is 13.4. The monoisotopic (exact) mass is 290 g/mol. The molecule has 1 N–H and O–H groups in total. The van der Waals surface area contributed by atoms with Crippen LogP contribution in [0.3, 0.4) is 0 Å². The lowest BCUT2D eigenvalue weighted by molar-refractivity contribution is -0.159. The lowest BCUT2D eigenvalue weighted by Gasteiger charge is -2.49. The highest BCUT2D eigenvalue weighted by molar-refractivity contribution is 6.04. The van der Waals surface area contributed by atoms with Crippen LogP contribution in [0.1, 0.15) is 17.3 Å². The van der Waals surface area contributed by atoms with E-state index in [4.69, 9.17) is 4.74 Å². The van der Waals surface area contributed by atoms with E-state index in [0.717, 1.165) is 0 Å². The van der Waals surface area contributed by atoms with E-state index in [1.54, 1.807) is 12.1 Å². The predicted octanol–water partition coefficient (Wildman–Crippen LogP) is 0.405. The Hall–Kier alpha value is -2.57. The van der Waals surface area contributed by atoms with Crippen molar-refractivity contribution < 1.29 is 23.9 Å². The molecule has 2 heterocycles. The molecule has 2 aliphatic heterocycles. The van der Waals surface area contributed by atoms with E-state index in [9.17, 15) is 14.4 Å². The second-order valence-electron chi connectivity index (χ2n) is 5.13. The molecule has 0 atom stereocenters. The van der Waals surface area contributed by atoms with Gasteiger partial charge in [0.1, 0.15) is 5.75 Å². The molecule has 7 heteroatoms. The fourth-order valence-corrected chi connectivity index (χ4v) is 2.46. The molecule has 0 aliphatic carbocycles. The van der Waals surface area contributed by atoms with Gasteiger partial charge < -0.3 is 19.7 Å². The number of methoxy groups -OCH3 is 1. The highest BCUT2D eigenvalue weighted by Crippen LogP contribution is 2.38. The Morgan fingerprint density at radius 2 is 2.10 bits per heavy atom. The van der Waals surface area contributed by atoms with Crippen molar-refractivity contribution in [2.24, 2.45) is 0 Å². The molecule has 1 fully saturated rings. The molecule has 1 saturated heterocycles. The van der Waals surface area contributed by atoms with Crippen molar-refractivity contribution in [3.05, 3.63) is 23.8 Å². The Labute approximate surface area is 120 Å². The Morgan fingerprint density at radius 1 is 1.38 bits per heavy atom. The maximum Gasteiger partial charge on any atom is 0.337 e. The first-order valence-corrected chi connectivity index (χ1v) is 6.43. The minimum atomic E-state index is -1.02. The average molecular weight is 290 g/mol. The number of amides is 2. The third-order valence-corrected chi connectivity index (χ3v) is 3.71. The van der Waals surface area contributed by atoms with Gasteiger partial charge >= 0.3 is 5.97 Å². The van der Waals surface area contributed by atoms with Crippen LogP contribution in [0.15, 0.2) is 18.2 Å². The number of likely N-dealkylation sites (tertiary alicyclic amines) is 1. The summed E-state index contributed by atoms with van der Waals surface area (Å²) in [4.78, 5) is 36.4. The maximum atomic E-state index is 12.2. The summed E-state index contributed by atoms with van der Waals surface area (Å²) < 4.78 is 10.4. The second kappa shape index (κ2) is 4.47. The average Bonchev–Trinajstić information content (AvgIpc) is 2.42. The molecule has 2 amide bonds. The molecule has 0 unspecified atom stereocenters. The summed E-state index contributed by atoms with van der Waals surface area (Å²) in [5.74, 6) is -0.414. The second-order valence-corrected chi connectivity index (χ2v) is 5.13. The fourth-order valence-electron chi connectivity index (χ4n) is 2.46. The van der Waals surface area contributed by atoms with Crippen molar-refractivity contribution in [1.29, 1.82) is 0 Å². The predicted molar refractivity (Wildman–Crippen MR) is 72.0 cm³/mol. The van der Waals surface area contributed by atoms with Crippen LogP contribution in [0.25, 0.3) is 0 Å². The fraction of sp³-hybridized carbons (Fsp3) is 0.357. The summed E-state index contributed by atoms with van der Waals surface area (Å²) in [5, 5.41) is 2.72. The molecule has 0 saturated carbocycles. The highest BCUT2D eigenvalue weighted by Gasteiger charge is 2.55. The van der Waals surface area contributed by atoms with Gasteiger partial charge in [0.05, 0.1) is 31.5 Å². The first-order chi connectivity index (χ1) is 9.95. The van der Waals surface area contributed by atoms with E-state index in [-0.39, 0.29) is 24.9 Å². The topological polar surface area (TPSA) is 84.9 Å². The molecule has 1 spiro atoms. The third kappa shape index (κ3) is 2.01. The lowest BCUT2D eigenvalue weighted by Crippen LogP contribution is -2.72. The number of carbonyl (C=O) groups excluding carboxylic acids is 3. The molecule has 0 aromatic heterocycles. The summed E-state index contributed by atoms with van der Waals surface area (Å²) in [6.07, 6.45) is 0. The molecule has 21 heavy (non-hydrogen) atoms. The smallest absolute Gasteiger partial charge is 0.337 e. The Balaban J connectivity index is 1.85. The molecular weight excluding hydrogens is 276 g/mol. The van der Waals surface area contributed by atoms with Crippen LogP contribution in [0.5, 0.6) is 5.75 Å². The Morgan fingerprint density at radius 3 is 2.71 bits per heavy atom. The number of hydrogen-bond acceptors (Lipinski definition) is 5. The van der Waals surface area contributed by atoms with Crippen molar-refractivity contribution >= 4 is 23.5 Å². The van der Waals surface area contributed by atoms with Gasteiger partial charge in [0.15, 0.2) is 0 Å². The summed E-state index contributed by atoms with van der Waals surface area (Å²) in [7, 11) is 1.29. The zero-order chi connectivity index (χ0) is 15.2. The van der Waals surface area contributed by atoms with E-state index in [1.807, 2.05) is 0 Å². The third-order valence-electron chi connectivity index (χ3n) is 3.71. The molecule has 0 bridgehead atoms. The summed E-state index contributed by atoms with van der Waals surface area (Å²) >= 11 is 0. The molecule has 7 nitrogen and oxygen atoms in total. The SMILES string of the molecule is COC(=O)c1ccc2c(c1)NC(=O)C1(CN(C(C)=O)C1)O2. The molecular formula is C14H14N2O5. The van der Waals surface area contributed by atoms with E-state index >= 15 is 0 Å². The van der Waals surface area contributed by atoms with Gasteiger partial charge in [0.2, 0.25) is 11.5 Å². The van der Waals surface area contributed by atoms with Gasteiger partial charge in [-0.2, -0.15) is 0 Å². The number of nitrogens with zero attached hydrogens (tertiary/aromatic N) is 1. The summed E-state index contributed by atoms with van der Waals surface area (Å²) in [5.41, 5.74) is -0.268. The molecule has 2 aliphatic rings. The van der Waals surface area contributed by atoms with Crippen LogP contribution in [0.4, 0.5) is 5.69 Å². The van der Waals surface area contributed by atoms with Gasteiger partial charge in [-0.1, -0.05) is 0 Å². The molecule has 3 rings (SSSR count). The number of nitrogens with one attached hydrogen (secondary N) is 1. The number of esters is 1. The van der Waals surface area contributed by atoms with E-state index in [2.05, 4.69) is 10.1 Å². The van der Waals surface area contributed by atoms with E-state index in [0.29, 0.717) is 17.0 Å². The molecule has 1 aromatic rings. The Bertz CT molecular complexity index is 649. The van der Waals surface area contributed by atoms with Gasteiger partial charge in [0, 0.05) is 6.92 Å². The number of rotatable bonds is 1. The minimum absolute atomic E-state index is 0.0936. The number of anilines is 1. The Kier molecular flexibility index (Phi) is 2.86. The van der Waals surface area contributed by atoms with Gasteiger partial charge in [-0.15, -0.1) is 0 Å². The number of fused-ring (bicyclic) bond motifs is 1. The molecule has 1 aromatic carbocycles. The van der Waals surface area contributed by atoms with Gasteiger partial charge in [0.25, 0.3) is 5.91 Å². The van der Waals surface area contributed by atoms with Crippen LogP contribution >= 0.6 is 0 Å². The van der Waals surface area contributed by atoms with Gasteiger partial charge in [-0.3, -0.25) is 9.59 Å². The van der Waals surface area contributed by atoms with Crippen molar-refractivity contribution in [1.82, 2.24) is 4.90 Å². The van der Waals surface area contributed by atoms with E-state index in [1.165, 1.54) is 25.0 Å². The number of hydrogen-bond donors (Lipinski definition) is 1. The largest absolute Gasteiger partial charge is 0.471 e. The van der Waals surface area contributed by atoms with Gasteiger partial charge in [-0.25, -0.2) is 4.79 Å². The van der Waals surface area contributed by atoms with Crippen molar-refractivity contribution in [3.63, 3.8) is 0 Å². The van der Waals surface area contributed by atoms with Crippen LogP contribution in [0, 0.1) is 0 Å². The van der Waals surface area contributed by atoms with Crippen LogP contribution < -0.4 is 10.1 Å². The zero-order valence-corrected chi connectivity index (χ0v) is 11.6. The van der Waals surface area contributed by atoms with Gasteiger partial charge in [-0.05, 0) is 18.2 Å². The lowest BCUT2D eigenvalue weighted by atomic mass is 9.90. The van der Waals surface area contributed by atoms with Crippen molar-refractivity contribution in [2.45, 2.75) is 12.5 Å². The quantitative estimate of drug-likeness (QED) is 0.757. The van der Waals surface area contributed by atoms with Crippen molar-refractivity contribution in [2.75, 3.05) is 25.5 Å². The maximum absolute atomic E-state index is 12.2. The summed E-state index contributed by atoms with van der Waals surface area (Å²) in [6.45, 7) is 1.91. The van der Waals surface area contributed by atoms with Crippen LogP contribution in [-0.4, -0.2) is 48.5 Å². The van der Waals surface area contributed by atoms with Crippen LogP contribution in [-0.2, 0) is 14.3 Å². The molecule has 0 radical (unpaired) electrons. The number of carbonyl (C=O) groups is 3. The number of ether oxygens (including phenoxy) is 2. The minimum Gasteiger partial charge on any atom is -0.471 e. The molecule has 110 valence electrons. The van der Waals surface area contributed by atoms with Crippen molar-refractivity contribution in [3.8, 4) is 5.75 Å². The first-order valence-electron chi connectivity index (χ1n) is 6.43. The zero-order valence-electron chi connectivity index (χ0n) is 11.6. The standard InChI is InChI=1S/C14H14N2O5/c1-8(17)16-6-14(7-16)13(19)15-10-5-9(12(18)20-2)3-4-11(10)21-14/h3-5H,6-7H2,1-2H3,(H,15,19). The highest BCUT2D eigenvalue weighted by atomic mass is 16.5. The summed E-state index contributed by atoms with van der Waals surface area (Å²) in [6, 6.07) is 4.68. The normalized spacial score (nSPS) is 18.2.